The average molecular weight is 467 g/mol. The topological polar surface area (TPSA) is 90.5 Å². The molecular formula is C26H27ClN2O4. The van der Waals surface area contributed by atoms with Gasteiger partial charge in [0.1, 0.15) is 0 Å². The Hall–Kier alpha value is -3.12. The van der Waals surface area contributed by atoms with E-state index in [0.29, 0.717) is 10.6 Å². The Morgan fingerprint density at radius 2 is 1.94 bits per heavy atom. The number of carbonyl (C=O) groups excluding carboxylic acids is 2. The molecule has 2 N–H and O–H groups in total. The van der Waals surface area contributed by atoms with Crippen molar-refractivity contribution in [2.24, 2.45) is 11.8 Å². The zero-order valence-corrected chi connectivity index (χ0v) is 19.6. The fourth-order valence-electron chi connectivity index (χ4n) is 5.18. The second-order valence-electron chi connectivity index (χ2n) is 9.12. The fourth-order valence-corrected chi connectivity index (χ4v) is 5.35. The summed E-state index contributed by atoms with van der Waals surface area (Å²) in [6, 6.07) is 13.1. The third-order valence-electron chi connectivity index (χ3n) is 7.17. The molecule has 2 unspecified atom stereocenters. The van der Waals surface area contributed by atoms with E-state index in [9.17, 15) is 19.5 Å². The van der Waals surface area contributed by atoms with E-state index in [4.69, 9.17) is 11.6 Å². The molecule has 2 amide bonds. The van der Waals surface area contributed by atoms with Crippen LogP contribution < -0.4 is 0 Å². The van der Waals surface area contributed by atoms with Gasteiger partial charge in [-0.25, -0.2) is 0 Å². The van der Waals surface area contributed by atoms with E-state index in [1.807, 2.05) is 57.3 Å². The largest absolute Gasteiger partial charge is 0.481 e. The number of carboxylic acids is 1. The minimum absolute atomic E-state index is 0.0134. The molecule has 1 aliphatic heterocycles. The number of rotatable bonds is 7. The number of nitrogens with one attached hydrogen (secondary N) is 1. The van der Waals surface area contributed by atoms with Gasteiger partial charge in [0.2, 0.25) is 11.8 Å². The standard InChI is InChI=1S/C26H27ClN2O4/c1-15-8-9-19(27)11-21(15)26(17(3)16(2)10-24(31)32)12-23(30)29(25(26)33)14-18-13-28-22-7-5-4-6-20(18)22/h4-9,11,13,16-17,28H,10,12,14H2,1-3H3,(H,31,32)/t16-,17?,26?/m1/s1. The van der Waals surface area contributed by atoms with Gasteiger partial charge in [0.15, 0.2) is 0 Å². The molecule has 33 heavy (non-hydrogen) atoms. The van der Waals surface area contributed by atoms with Crippen LogP contribution in [-0.2, 0) is 26.3 Å². The number of aromatic nitrogens is 1. The Morgan fingerprint density at radius 1 is 1.21 bits per heavy atom. The van der Waals surface area contributed by atoms with Gasteiger partial charge in [-0.1, -0.05) is 49.7 Å². The highest BCUT2D eigenvalue weighted by Crippen LogP contribution is 2.48. The first-order chi connectivity index (χ1) is 15.6. The molecule has 0 radical (unpaired) electrons. The second kappa shape index (κ2) is 8.67. The number of aromatic amines is 1. The van der Waals surface area contributed by atoms with Crippen molar-refractivity contribution in [3.8, 4) is 0 Å². The van der Waals surface area contributed by atoms with Crippen LogP contribution in [0.2, 0.25) is 5.02 Å². The number of likely N-dealkylation sites (tertiary alicyclic amines) is 1. The molecule has 2 aromatic carbocycles. The lowest BCUT2D eigenvalue weighted by Gasteiger charge is -2.38. The summed E-state index contributed by atoms with van der Waals surface area (Å²) in [6.45, 7) is 5.74. The van der Waals surface area contributed by atoms with Crippen LogP contribution in [0.5, 0.6) is 0 Å². The maximum absolute atomic E-state index is 14.1. The minimum atomic E-state index is -1.17. The molecule has 172 valence electrons. The van der Waals surface area contributed by atoms with Gasteiger partial charge in [0.25, 0.3) is 0 Å². The molecule has 3 aromatic rings. The zero-order chi connectivity index (χ0) is 23.9. The Balaban J connectivity index is 1.80. The van der Waals surface area contributed by atoms with Gasteiger partial charge in [0.05, 0.1) is 12.0 Å². The number of fused-ring (bicyclic) bond motifs is 1. The van der Waals surface area contributed by atoms with Crippen molar-refractivity contribution in [1.29, 1.82) is 0 Å². The Morgan fingerprint density at radius 3 is 2.67 bits per heavy atom. The van der Waals surface area contributed by atoms with Crippen LogP contribution in [0, 0.1) is 18.8 Å². The maximum Gasteiger partial charge on any atom is 0.303 e. The number of aryl methyl sites for hydroxylation is 1. The van der Waals surface area contributed by atoms with Crippen LogP contribution in [0.15, 0.2) is 48.7 Å². The summed E-state index contributed by atoms with van der Waals surface area (Å²) < 4.78 is 0. The summed E-state index contributed by atoms with van der Waals surface area (Å²) in [4.78, 5) is 43.4. The molecule has 2 heterocycles. The van der Waals surface area contributed by atoms with Crippen LogP contribution in [-0.4, -0.2) is 32.8 Å². The number of hydrogen-bond donors (Lipinski definition) is 2. The summed E-state index contributed by atoms with van der Waals surface area (Å²) in [6.07, 6.45) is 1.72. The van der Waals surface area contributed by atoms with Gasteiger partial charge in [-0.2, -0.15) is 0 Å². The normalized spacial score (nSPS) is 20.4. The van der Waals surface area contributed by atoms with E-state index >= 15 is 0 Å². The first-order valence-corrected chi connectivity index (χ1v) is 11.4. The molecule has 1 aliphatic rings. The zero-order valence-electron chi connectivity index (χ0n) is 18.9. The van der Waals surface area contributed by atoms with Crippen molar-refractivity contribution in [3.63, 3.8) is 0 Å². The van der Waals surface area contributed by atoms with E-state index < -0.39 is 17.3 Å². The predicted octanol–water partition coefficient (Wildman–Crippen LogP) is 5.07. The van der Waals surface area contributed by atoms with E-state index in [2.05, 4.69) is 4.98 Å². The van der Waals surface area contributed by atoms with E-state index in [1.54, 1.807) is 12.1 Å². The van der Waals surface area contributed by atoms with Gasteiger partial charge in [0, 0.05) is 35.0 Å². The fraction of sp³-hybridized carbons (Fsp3) is 0.346. The lowest BCUT2D eigenvalue weighted by molar-refractivity contribution is -0.143. The van der Waals surface area contributed by atoms with Crippen LogP contribution >= 0.6 is 11.6 Å². The number of amides is 2. The van der Waals surface area contributed by atoms with Gasteiger partial charge in [-0.05, 0) is 53.6 Å². The molecule has 4 rings (SSSR count). The van der Waals surface area contributed by atoms with Crippen molar-refractivity contribution in [2.75, 3.05) is 0 Å². The predicted molar refractivity (Wildman–Crippen MR) is 127 cm³/mol. The van der Waals surface area contributed by atoms with Gasteiger partial charge < -0.3 is 10.1 Å². The number of halogens is 1. The lowest BCUT2D eigenvalue weighted by atomic mass is 9.64. The Bertz CT molecular complexity index is 1250. The van der Waals surface area contributed by atoms with Crippen LogP contribution in [0.4, 0.5) is 0 Å². The molecule has 0 aliphatic carbocycles. The monoisotopic (exact) mass is 466 g/mol. The number of imide groups is 1. The molecule has 7 heteroatoms. The summed E-state index contributed by atoms with van der Waals surface area (Å²) in [5.74, 6) is -2.22. The third-order valence-corrected chi connectivity index (χ3v) is 7.40. The molecule has 3 atom stereocenters. The quantitative estimate of drug-likeness (QED) is 0.475. The lowest BCUT2D eigenvalue weighted by Crippen LogP contribution is -2.45. The summed E-state index contributed by atoms with van der Waals surface area (Å²) in [5.41, 5.74) is 2.17. The smallest absolute Gasteiger partial charge is 0.303 e. The minimum Gasteiger partial charge on any atom is -0.481 e. The number of carboxylic acid groups (broad SMARTS) is 1. The summed E-state index contributed by atoms with van der Waals surface area (Å²) in [5, 5.41) is 10.8. The number of benzene rings is 2. The number of nitrogens with zero attached hydrogens (tertiary/aromatic N) is 1. The van der Waals surface area contributed by atoms with Crippen LogP contribution in [0.25, 0.3) is 10.9 Å². The number of carbonyl (C=O) groups is 3. The third kappa shape index (κ3) is 3.93. The van der Waals surface area contributed by atoms with Crippen molar-refractivity contribution in [3.05, 3.63) is 70.4 Å². The molecule has 6 nitrogen and oxygen atoms in total. The molecule has 0 spiro atoms. The highest BCUT2D eigenvalue weighted by Gasteiger charge is 2.57. The highest BCUT2D eigenvalue weighted by molar-refractivity contribution is 6.30. The summed E-state index contributed by atoms with van der Waals surface area (Å²) >= 11 is 6.32. The van der Waals surface area contributed by atoms with Crippen molar-refractivity contribution < 1.29 is 19.5 Å². The number of aliphatic carboxylic acids is 1. The molecule has 1 aromatic heterocycles. The Kier molecular flexibility index (Phi) is 6.06. The van der Waals surface area contributed by atoms with Crippen molar-refractivity contribution in [1.82, 2.24) is 9.88 Å². The molecule has 1 fully saturated rings. The van der Waals surface area contributed by atoms with Crippen LogP contribution in [0.1, 0.15) is 43.4 Å². The van der Waals surface area contributed by atoms with Gasteiger partial charge >= 0.3 is 5.97 Å². The SMILES string of the molecule is Cc1ccc(Cl)cc1C1(C(C)[C@H](C)CC(=O)O)CC(=O)N(Cc2c[nH]c3ccccc23)C1=O. The van der Waals surface area contributed by atoms with E-state index in [-0.39, 0.29) is 37.1 Å². The second-order valence-corrected chi connectivity index (χ2v) is 9.55. The molecule has 0 bridgehead atoms. The number of para-hydroxylation sites is 1. The van der Waals surface area contributed by atoms with E-state index in [1.165, 1.54) is 4.90 Å². The van der Waals surface area contributed by atoms with Crippen molar-refractivity contribution >= 4 is 40.3 Å². The first-order valence-electron chi connectivity index (χ1n) is 11.0. The Labute approximate surface area is 197 Å². The van der Waals surface area contributed by atoms with Gasteiger partial charge in [-0.3, -0.25) is 19.3 Å². The van der Waals surface area contributed by atoms with E-state index in [0.717, 1.165) is 22.0 Å². The average Bonchev–Trinajstić information content (AvgIpc) is 3.29. The summed E-state index contributed by atoms with van der Waals surface area (Å²) in [7, 11) is 0. The molecule has 0 saturated carbocycles. The highest BCUT2D eigenvalue weighted by atomic mass is 35.5. The van der Waals surface area contributed by atoms with Gasteiger partial charge in [-0.15, -0.1) is 0 Å². The number of H-pyrrole nitrogens is 1. The molecule has 1 saturated heterocycles. The maximum atomic E-state index is 14.1. The van der Waals surface area contributed by atoms with Crippen LogP contribution in [0.3, 0.4) is 0 Å². The number of hydrogen-bond acceptors (Lipinski definition) is 3. The first kappa shape index (κ1) is 23.1. The molecular weight excluding hydrogens is 440 g/mol. The van der Waals surface area contributed by atoms with Crippen molar-refractivity contribution in [2.45, 2.75) is 45.6 Å².